The average molecular weight is 218 g/mol. The van der Waals surface area contributed by atoms with E-state index in [4.69, 9.17) is 21.6 Å². The highest BCUT2D eigenvalue weighted by Crippen LogP contribution is 2.30. The second-order valence-corrected chi connectivity index (χ2v) is 3.45. The van der Waals surface area contributed by atoms with E-state index in [1.165, 1.54) is 0 Å². The molecule has 2 aromatic rings. The Hall–Kier alpha value is -1.72. The Kier molecular flexibility index (Phi) is 2.75. The molecule has 0 fully saturated rings. The number of nitrogens with zero attached hydrogens (tertiary/aromatic N) is 1. The van der Waals surface area contributed by atoms with Crippen molar-refractivity contribution in [3.05, 3.63) is 41.4 Å². The molecule has 2 nitrogen and oxygen atoms in total. The molecule has 0 aliphatic heterocycles. The Balaban J connectivity index is 2.57. The van der Waals surface area contributed by atoms with Gasteiger partial charge in [0.15, 0.2) is 6.61 Å². The summed E-state index contributed by atoms with van der Waals surface area (Å²) in [5.74, 6) is 0.691. The zero-order valence-electron chi connectivity index (χ0n) is 7.90. The number of halogens is 1. The third-order valence-electron chi connectivity index (χ3n) is 2.12. The number of hydrogen-bond donors (Lipinski definition) is 0. The first kappa shape index (κ1) is 9.82. The first-order valence-corrected chi connectivity index (χ1v) is 4.87. The number of hydrogen-bond acceptors (Lipinski definition) is 2. The standard InChI is InChI=1S/C12H8ClNO/c13-11-5-6-12(15-8-7-14)10-4-2-1-3-9(10)11/h1-6H,8H2. The Morgan fingerprint density at radius 1 is 1.13 bits per heavy atom. The lowest BCUT2D eigenvalue weighted by Crippen LogP contribution is -1.94. The van der Waals surface area contributed by atoms with E-state index in [0.29, 0.717) is 10.8 Å². The molecular weight excluding hydrogens is 210 g/mol. The average Bonchev–Trinajstić information content (AvgIpc) is 2.29. The van der Waals surface area contributed by atoms with Crippen LogP contribution in [0.2, 0.25) is 5.02 Å². The minimum Gasteiger partial charge on any atom is -0.478 e. The van der Waals surface area contributed by atoms with Gasteiger partial charge in [-0.25, -0.2) is 0 Å². The summed E-state index contributed by atoms with van der Waals surface area (Å²) in [6.07, 6.45) is 0. The van der Waals surface area contributed by atoms with Gasteiger partial charge in [0.1, 0.15) is 11.8 Å². The maximum atomic E-state index is 8.45. The summed E-state index contributed by atoms with van der Waals surface area (Å²) in [6, 6.07) is 13.2. The molecule has 0 spiro atoms. The lowest BCUT2D eigenvalue weighted by atomic mass is 10.1. The molecule has 0 heterocycles. The minimum atomic E-state index is 0.0472. The molecule has 0 atom stereocenters. The molecule has 2 aromatic carbocycles. The third-order valence-corrected chi connectivity index (χ3v) is 2.45. The second-order valence-electron chi connectivity index (χ2n) is 3.04. The van der Waals surface area contributed by atoms with Crippen molar-refractivity contribution in [2.75, 3.05) is 6.61 Å². The Morgan fingerprint density at radius 3 is 2.60 bits per heavy atom. The quantitative estimate of drug-likeness (QED) is 0.773. The Labute approximate surface area is 92.7 Å². The lowest BCUT2D eigenvalue weighted by molar-refractivity contribution is 0.372. The smallest absolute Gasteiger partial charge is 0.174 e. The topological polar surface area (TPSA) is 33.0 Å². The number of ether oxygens (including phenoxy) is 1. The van der Waals surface area contributed by atoms with Crippen LogP contribution in [0.25, 0.3) is 10.8 Å². The summed E-state index contributed by atoms with van der Waals surface area (Å²) in [6.45, 7) is 0.0472. The zero-order chi connectivity index (χ0) is 10.7. The maximum absolute atomic E-state index is 8.45. The van der Waals surface area contributed by atoms with Gasteiger partial charge in [0, 0.05) is 15.8 Å². The van der Waals surface area contributed by atoms with E-state index in [0.717, 1.165) is 10.8 Å². The molecule has 0 saturated carbocycles. The predicted molar refractivity (Wildman–Crippen MR) is 60.1 cm³/mol. The van der Waals surface area contributed by atoms with Crippen LogP contribution >= 0.6 is 11.6 Å². The molecule has 15 heavy (non-hydrogen) atoms. The molecule has 0 bridgehead atoms. The summed E-state index contributed by atoms with van der Waals surface area (Å²) in [7, 11) is 0. The van der Waals surface area contributed by atoms with Gasteiger partial charge >= 0.3 is 0 Å². The normalized spacial score (nSPS) is 9.87. The number of benzene rings is 2. The molecule has 0 unspecified atom stereocenters. The van der Waals surface area contributed by atoms with Crippen LogP contribution in [0.3, 0.4) is 0 Å². The van der Waals surface area contributed by atoms with Gasteiger partial charge in [0.2, 0.25) is 0 Å². The summed E-state index contributed by atoms with van der Waals surface area (Å²) < 4.78 is 5.30. The maximum Gasteiger partial charge on any atom is 0.174 e. The Morgan fingerprint density at radius 2 is 1.87 bits per heavy atom. The highest BCUT2D eigenvalue weighted by molar-refractivity contribution is 6.35. The van der Waals surface area contributed by atoms with Gasteiger partial charge in [-0.2, -0.15) is 5.26 Å². The van der Waals surface area contributed by atoms with Crippen LogP contribution < -0.4 is 4.74 Å². The van der Waals surface area contributed by atoms with Crippen molar-refractivity contribution in [2.45, 2.75) is 0 Å². The molecule has 0 aromatic heterocycles. The fourth-order valence-electron chi connectivity index (χ4n) is 1.47. The van der Waals surface area contributed by atoms with Crippen LogP contribution in [-0.4, -0.2) is 6.61 Å². The van der Waals surface area contributed by atoms with Gasteiger partial charge < -0.3 is 4.74 Å². The Bertz CT molecular complexity index is 531. The van der Waals surface area contributed by atoms with Crippen molar-refractivity contribution in [1.82, 2.24) is 0 Å². The summed E-state index contributed by atoms with van der Waals surface area (Å²) in [4.78, 5) is 0. The summed E-state index contributed by atoms with van der Waals surface area (Å²) in [5.41, 5.74) is 0. The largest absolute Gasteiger partial charge is 0.478 e. The van der Waals surface area contributed by atoms with Gasteiger partial charge in [0.25, 0.3) is 0 Å². The monoisotopic (exact) mass is 217 g/mol. The molecule has 3 heteroatoms. The highest BCUT2D eigenvalue weighted by Gasteiger charge is 2.04. The zero-order valence-corrected chi connectivity index (χ0v) is 8.66. The second kappa shape index (κ2) is 4.20. The third kappa shape index (κ3) is 1.88. The molecule has 0 aliphatic rings. The van der Waals surface area contributed by atoms with Crippen molar-refractivity contribution in [2.24, 2.45) is 0 Å². The van der Waals surface area contributed by atoms with E-state index in [1.54, 1.807) is 12.1 Å². The first-order valence-electron chi connectivity index (χ1n) is 4.50. The fourth-order valence-corrected chi connectivity index (χ4v) is 1.70. The van der Waals surface area contributed by atoms with Crippen molar-refractivity contribution >= 4 is 22.4 Å². The van der Waals surface area contributed by atoms with E-state index in [-0.39, 0.29) is 6.61 Å². The van der Waals surface area contributed by atoms with Crippen molar-refractivity contribution in [3.8, 4) is 11.8 Å². The number of fused-ring (bicyclic) bond motifs is 1. The molecule has 0 N–H and O–H groups in total. The molecule has 0 amide bonds. The van der Waals surface area contributed by atoms with Crippen molar-refractivity contribution in [3.63, 3.8) is 0 Å². The molecule has 74 valence electrons. The van der Waals surface area contributed by atoms with Crippen LogP contribution in [-0.2, 0) is 0 Å². The van der Waals surface area contributed by atoms with Gasteiger partial charge in [-0.1, -0.05) is 35.9 Å². The predicted octanol–water partition coefficient (Wildman–Crippen LogP) is 3.40. The minimum absolute atomic E-state index is 0.0472. The van der Waals surface area contributed by atoms with Crippen LogP contribution in [0.15, 0.2) is 36.4 Å². The first-order chi connectivity index (χ1) is 7.33. The summed E-state index contributed by atoms with van der Waals surface area (Å²) >= 11 is 6.04. The molecule has 0 radical (unpaired) electrons. The van der Waals surface area contributed by atoms with E-state index in [9.17, 15) is 0 Å². The molecule has 0 saturated heterocycles. The van der Waals surface area contributed by atoms with Gasteiger partial charge in [-0.15, -0.1) is 0 Å². The summed E-state index contributed by atoms with van der Waals surface area (Å²) in [5, 5.41) is 11.0. The van der Waals surface area contributed by atoms with Crippen molar-refractivity contribution in [1.29, 1.82) is 5.26 Å². The SMILES string of the molecule is N#CCOc1ccc(Cl)c2ccccc12. The van der Waals surface area contributed by atoms with Gasteiger partial charge in [-0.05, 0) is 12.1 Å². The van der Waals surface area contributed by atoms with Gasteiger partial charge in [0.05, 0.1) is 0 Å². The van der Waals surface area contributed by atoms with E-state index in [2.05, 4.69) is 0 Å². The van der Waals surface area contributed by atoms with Crippen LogP contribution in [0.4, 0.5) is 0 Å². The highest BCUT2D eigenvalue weighted by atomic mass is 35.5. The van der Waals surface area contributed by atoms with Gasteiger partial charge in [-0.3, -0.25) is 0 Å². The van der Waals surface area contributed by atoms with E-state index in [1.807, 2.05) is 30.3 Å². The number of rotatable bonds is 2. The van der Waals surface area contributed by atoms with Crippen LogP contribution in [0, 0.1) is 11.3 Å². The van der Waals surface area contributed by atoms with E-state index < -0.39 is 0 Å². The fraction of sp³-hybridized carbons (Fsp3) is 0.0833. The van der Waals surface area contributed by atoms with Crippen LogP contribution in [0.5, 0.6) is 5.75 Å². The molecule has 2 rings (SSSR count). The molecule has 0 aliphatic carbocycles. The van der Waals surface area contributed by atoms with Crippen LogP contribution in [0.1, 0.15) is 0 Å². The van der Waals surface area contributed by atoms with Crippen molar-refractivity contribution < 1.29 is 4.74 Å². The lowest BCUT2D eigenvalue weighted by Gasteiger charge is -2.07. The van der Waals surface area contributed by atoms with E-state index >= 15 is 0 Å². The molecular formula is C12H8ClNO. The number of nitriles is 1.